The van der Waals surface area contributed by atoms with Gasteiger partial charge in [-0.3, -0.25) is 14.2 Å². The fourth-order valence-corrected chi connectivity index (χ4v) is 5.67. The minimum atomic E-state index is -0.0986. The number of anilines is 1. The molecule has 0 saturated heterocycles. The molecule has 1 aromatic carbocycles. The van der Waals surface area contributed by atoms with Crippen molar-refractivity contribution in [3.8, 4) is 0 Å². The molecule has 2 aromatic heterocycles. The SMILES string of the molecule is Cc1cccc(NC(=O)CSc2nc3sc4c(c3c(=O)n2C)CCCC4)c1C. The Kier molecular flexibility index (Phi) is 5.29. The molecule has 3 aromatic rings. The minimum absolute atomic E-state index is 0.00170. The molecular formula is C21H23N3O2S2. The molecule has 0 radical (unpaired) electrons. The van der Waals surface area contributed by atoms with Gasteiger partial charge >= 0.3 is 0 Å². The second-order valence-electron chi connectivity index (χ2n) is 7.23. The molecule has 4 rings (SSSR count). The van der Waals surface area contributed by atoms with Gasteiger partial charge in [0.05, 0.1) is 11.1 Å². The topological polar surface area (TPSA) is 64.0 Å². The molecular weight excluding hydrogens is 390 g/mol. The van der Waals surface area contributed by atoms with Crippen molar-refractivity contribution >= 4 is 44.9 Å². The van der Waals surface area contributed by atoms with Crippen molar-refractivity contribution in [3.63, 3.8) is 0 Å². The second kappa shape index (κ2) is 7.72. The van der Waals surface area contributed by atoms with Gasteiger partial charge < -0.3 is 5.32 Å². The third-order valence-electron chi connectivity index (χ3n) is 5.37. The van der Waals surface area contributed by atoms with Crippen LogP contribution in [0.25, 0.3) is 10.2 Å². The van der Waals surface area contributed by atoms with Crippen molar-refractivity contribution < 1.29 is 4.79 Å². The Labute approximate surface area is 172 Å². The number of carbonyl (C=O) groups excluding carboxylic acids is 1. The molecule has 1 aliphatic rings. The highest BCUT2D eigenvalue weighted by molar-refractivity contribution is 7.99. The summed E-state index contributed by atoms with van der Waals surface area (Å²) in [7, 11) is 1.74. The second-order valence-corrected chi connectivity index (χ2v) is 9.26. The number of thiophene rings is 1. The number of aromatic nitrogens is 2. The normalized spacial score (nSPS) is 13.5. The molecule has 0 spiro atoms. The van der Waals surface area contributed by atoms with Gasteiger partial charge in [-0.25, -0.2) is 4.98 Å². The first-order chi connectivity index (χ1) is 13.5. The van der Waals surface area contributed by atoms with E-state index in [1.165, 1.54) is 28.6 Å². The highest BCUT2D eigenvalue weighted by Gasteiger charge is 2.21. The smallest absolute Gasteiger partial charge is 0.262 e. The largest absolute Gasteiger partial charge is 0.325 e. The molecule has 0 aliphatic heterocycles. The molecule has 5 nitrogen and oxygen atoms in total. The Morgan fingerprint density at radius 1 is 1.29 bits per heavy atom. The third-order valence-corrected chi connectivity index (χ3v) is 7.58. The first-order valence-electron chi connectivity index (χ1n) is 9.46. The van der Waals surface area contributed by atoms with Crippen molar-refractivity contribution in [3.05, 3.63) is 50.1 Å². The molecule has 0 atom stereocenters. The van der Waals surface area contributed by atoms with Crippen molar-refractivity contribution in [1.29, 1.82) is 0 Å². The maximum absolute atomic E-state index is 12.9. The standard InChI is InChI=1S/C21H23N3O2S2/c1-12-7-6-9-15(13(12)2)22-17(25)11-27-21-23-19-18(20(26)24(21)3)14-8-4-5-10-16(14)28-19/h6-7,9H,4-5,8,10-11H2,1-3H3,(H,22,25). The first kappa shape index (κ1) is 19.2. The lowest BCUT2D eigenvalue weighted by molar-refractivity contribution is -0.113. The van der Waals surface area contributed by atoms with Gasteiger partial charge in [0.2, 0.25) is 5.91 Å². The van der Waals surface area contributed by atoms with Gasteiger partial charge in [-0.1, -0.05) is 23.9 Å². The fourth-order valence-electron chi connectivity index (χ4n) is 3.60. The van der Waals surface area contributed by atoms with Crippen LogP contribution >= 0.6 is 23.1 Å². The summed E-state index contributed by atoms with van der Waals surface area (Å²) < 4.78 is 1.58. The zero-order valence-electron chi connectivity index (χ0n) is 16.3. The molecule has 7 heteroatoms. The quantitative estimate of drug-likeness (QED) is 0.514. The number of thioether (sulfide) groups is 1. The monoisotopic (exact) mass is 413 g/mol. The summed E-state index contributed by atoms with van der Waals surface area (Å²) in [5.74, 6) is 0.114. The zero-order valence-corrected chi connectivity index (χ0v) is 17.9. The van der Waals surface area contributed by atoms with Crippen LogP contribution in [-0.4, -0.2) is 21.2 Å². The predicted octanol–water partition coefficient (Wildman–Crippen LogP) is 4.22. The lowest BCUT2D eigenvalue weighted by atomic mass is 9.97. The molecule has 0 unspecified atom stereocenters. The average Bonchev–Trinajstić information content (AvgIpc) is 3.05. The number of hydrogen-bond acceptors (Lipinski definition) is 5. The molecule has 1 amide bonds. The Morgan fingerprint density at radius 2 is 2.07 bits per heavy atom. The fraction of sp³-hybridized carbons (Fsp3) is 0.381. The summed E-state index contributed by atoms with van der Waals surface area (Å²) in [6, 6.07) is 5.86. The summed E-state index contributed by atoms with van der Waals surface area (Å²) >= 11 is 2.94. The average molecular weight is 414 g/mol. The molecule has 1 aliphatic carbocycles. The number of nitrogens with zero attached hydrogens (tertiary/aromatic N) is 2. The van der Waals surface area contributed by atoms with Crippen LogP contribution in [0.4, 0.5) is 5.69 Å². The summed E-state index contributed by atoms with van der Waals surface area (Å²) in [5, 5.41) is 4.33. The van der Waals surface area contributed by atoms with Crippen LogP contribution in [0, 0.1) is 13.8 Å². The van der Waals surface area contributed by atoms with Crippen LogP contribution in [0.1, 0.15) is 34.4 Å². The van der Waals surface area contributed by atoms with Gasteiger partial charge in [-0.2, -0.15) is 0 Å². The van der Waals surface area contributed by atoms with Crippen LogP contribution < -0.4 is 10.9 Å². The minimum Gasteiger partial charge on any atom is -0.325 e. The van der Waals surface area contributed by atoms with E-state index in [0.717, 1.165) is 46.3 Å². The molecule has 1 N–H and O–H groups in total. The van der Waals surface area contributed by atoms with Crippen LogP contribution in [0.5, 0.6) is 0 Å². The van der Waals surface area contributed by atoms with Gasteiger partial charge in [0.15, 0.2) is 5.16 Å². The zero-order chi connectivity index (χ0) is 19.8. The van der Waals surface area contributed by atoms with E-state index in [4.69, 9.17) is 4.98 Å². The van der Waals surface area contributed by atoms with Gasteiger partial charge in [-0.05, 0) is 62.3 Å². The number of aryl methyl sites for hydroxylation is 3. The number of nitrogens with one attached hydrogen (secondary N) is 1. The number of rotatable bonds is 4. The van der Waals surface area contributed by atoms with Crippen molar-refractivity contribution in [1.82, 2.24) is 9.55 Å². The molecule has 0 bridgehead atoms. The molecule has 0 fully saturated rings. The first-order valence-corrected chi connectivity index (χ1v) is 11.3. The number of hydrogen-bond donors (Lipinski definition) is 1. The van der Waals surface area contributed by atoms with E-state index in [0.29, 0.717) is 5.16 Å². The Balaban J connectivity index is 1.55. The van der Waals surface area contributed by atoms with Crippen LogP contribution in [0.3, 0.4) is 0 Å². The number of benzene rings is 1. The van der Waals surface area contributed by atoms with Crippen molar-refractivity contribution in [2.24, 2.45) is 7.05 Å². The van der Waals surface area contributed by atoms with Crippen LogP contribution in [0.2, 0.25) is 0 Å². The molecule has 146 valence electrons. The van der Waals surface area contributed by atoms with Gasteiger partial charge in [0, 0.05) is 17.6 Å². The highest BCUT2D eigenvalue weighted by atomic mass is 32.2. The lowest BCUT2D eigenvalue weighted by Gasteiger charge is -2.11. The summed E-state index contributed by atoms with van der Waals surface area (Å²) in [6.45, 7) is 4.02. The summed E-state index contributed by atoms with van der Waals surface area (Å²) in [6.07, 6.45) is 4.33. The van der Waals surface area contributed by atoms with E-state index < -0.39 is 0 Å². The van der Waals surface area contributed by atoms with Crippen molar-refractivity contribution in [2.45, 2.75) is 44.7 Å². The van der Waals surface area contributed by atoms with Crippen LogP contribution in [-0.2, 0) is 24.7 Å². The van der Waals surface area contributed by atoms with Crippen LogP contribution in [0.15, 0.2) is 28.2 Å². The number of fused-ring (bicyclic) bond motifs is 3. The maximum atomic E-state index is 12.9. The lowest BCUT2D eigenvalue weighted by Crippen LogP contribution is -2.22. The van der Waals surface area contributed by atoms with E-state index in [-0.39, 0.29) is 17.2 Å². The van der Waals surface area contributed by atoms with E-state index >= 15 is 0 Å². The van der Waals surface area contributed by atoms with Gasteiger partial charge in [0.25, 0.3) is 5.56 Å². The predicted molar refractivity (Wildman–Crippen MR) is 117 cm³/mol. The number of carbonyl (C=O) groups is 1. The van der Waals surface area contributed by atoms with Crippen molar-refractivity contribution in [2.75, 3.05) is 11.1 Å². The van der Waals surface area contributed by atoms with E-state index in [1.807, 2.05) is 32.0 Å². The molecule has 0 saturated carbocycles. The van der Waals surface area contributed by atoms with E-state index in [9.17, 15) is 9.59 Å². The molecule has 2 heterocycles. The van der Waals surface area contributed by atoms with E-state index in [2.05, 4.69) is 5.32 Å². The van der Waals surface area contributed by atoms with E-state index in [1.54, 1.807) is 23.0 Å². The Morgan fingerprint density at radius 3 is 2.89 bits per heavy atom. The Hall–Kier alpha value is -2.12. The maximum Gasteiger partial charge on any atom is 0.262 e. The Bertz CT molecular complexity index is 1130. The highest BCUT2D eigenvalue weighted by Crippen LogP contribution is 2.34. The summed E-state index contributed by atoms with van der Waals surface area (Å²) in [4.78, 5) is 32.2. The van der Waals surface area contributed by atoms with Gasteiger partial charge in [0.1, 0.15) is 4.83 Å². The number of amides is 1. The summed E-state index contributed by atoms with van der Waals surface area (Å²) in [5.41, 5.74) is 4.23. The third kappa shape index (κ3) is 3.49. The van der Waals surface area contributed by atoms with Gasteiger partial charge in [-0.15, -0.1) is 11.3 Å². The molecule has 28 heavy (non-hydrogen) atoms.